The average molecular weight is 269 g/mol. The van der Waals surface area contributed by atoms with Gasteiger partial charge in [0, 0.05) is 6.54 Å². The third-order valence-corrected chi connectivity index (χ3v) is 2.42. The fraction of sp³-hybridized carbons (Fsp3) is 0.222. The standard InChI is InChI=1S/C9H11Cl2N3.ClH/c10-7-2-1-6(5-8(7)11)3-4-14-9(12)13;/h1-2,5H,3-4H2,(H4,12,13,14);1H. The first-order valence-electron chi connectivity index (χ1n) is 4.09. The Morgan fingerprint density at radius 1 is 1.20 bits per heavy atom. The Bertz CT molecular complexity index is 348. The van der Waals surface area contributed by atoms with E-state index in [1.807, 2.05) is 12.1 Å². The van der Waals surface area contributed by atoms with Crippen LogP contribution in [0.3, 0.4) is 0 Å². The maximum Gasteiger partial charge on any atom is 0.185 e. The van der Waals surface area contributed by atoms with Crippen molar-refractivity contribution in [3.05, 3.63) is 33.8 Å². The number of halogens is 3. The molecule has 1 aromatic carbocycles. The molecule has 0 fully saturated rings. The zero-order valence-electron chi connectivity index (χ0n) is 7.91. The van der Waals surface area contributed by atoms with Crippen molar-refractivity contribution in [2.24, 2.45) is 16.5 Å². The van der Waals surface area contributed by atoms with Gasteiger partial charge in [-0.25, -0.2) is 0 Å². The molecule has 0 radical (unpaired) electrons. The minimum Gasteiger partial charge on any atom is -0.370 e. The zero-order chi connectivity index (χ0) is 10.6. The highest BCUT2D eigenvalue weighted by Gasteiger charge is 1.98. The van der Waals surface area contributed by atoms with Gasteiger partial charge in [-0.1, -0.05) is 29.3 Å². The van der Waals surface area contributed by atoms with E-state index in [-0.39, 0.29) is 18.4 Å². The molecule has 0 aliphatic carbocycles. The van der Waals surface area contributed by atoms with Crippen molar-refractivity contribution in [1.82, 2.24) is 0 Å². The average Bonchev–Trinajstić information content (AvgIpc) is 2.10. The second-order valence-electron chi connectivity index (χ2n) is 2.81. The Morgan fingerprint density at radius 2 is 1.87 bits per heavy atom. The van der Waals surface area contributed by atoms with Gasteiger partial charge < -0.3 is 11.5 Å². The molecule has 1 rings (SSSR count). The van der Waals surface area contributed by atoms with Crippen molar-refractivity contribution in [3.63, 3.8) is 0 Å². The molecule has 1 aromatic rings. The van der Waals surface area contributed by atoms with Crippen LogP contribution in [0.25, 0.3) is 0 Å². The Morgan fingerprint density at radius 3 is 2.40 bits per heavy atom. The number of hydrogen-bond acceptors (Lipinski definition) is 1. The molecule has 0 bridgehead atoms. The van der Waals surface area contributed by atoms with Crippen LogP contribution in [0.4, 0.5) is 0 Å². The first-order valence-corrected chi connectivity index (χ1v) is 4.84. The van der Waals surface area contributed by atoms with E-state index in [0.717, 1.165) is 12.0 Å². The second-order valence-corrected chi connectivity index (χ2v) is 3.62. The highest BCUT2D eigenvalue weighted by molar-refractivity contribution is 6.42. The summed E-state index contributed by atoms with van der Waals surface area (Å²) in [4.78, 5) is 3.87. The Hall–Kier alpha value is -0.640. The van der Waals surface area contributed by atoms with E-state index in [0.29, 0.717) is 16.6 Å². The van der Waals surface area contributed by atoms with Gasteiger partial charge in [0.2, 0.25) is 0 Å². The molecule has 3 nitrogen and oxygen atoms in total. The molecule has 0 aliphatic heterocycles. The Labute approximate surface area is 105 Å². The normalized spacial score (nSPS) is 9.20. The van der Waals surface area contributed by atoms with Crippen LogP contribution in [-0.4, -0.2) is 12.5 Å². The lowest BCUT2D eigenvalue weighted by atomic mass is 10.1. The minimum atomic E-state index is 0. The van der Waals surface area contributed by atoms with Gasteiger partial charge in [-0.3, -0.25) is 4.99 Å². The number of aliphatic imine (C=N–C) groups is 1. The van der Waals surface area contributed by atoms with E-state index in [1.165, 1.54) is 0 Å². The van der Waals surface area contributed by atoms with Crippen molar-refractivity contribution < 1.29 is 0 Å². The molecule has 0 atom stereocenters. The molecular weight excluding hydrogens is 256 g/mol. The summed E-state index contributed by atoms with van der Waals surface area (Å²) >= 11 is 11.6. The number of rotatable bonds is 3. The molecule has 4 N–H and O–H groups in total. The van der Waals surface area contributed by atoms with Gasteiger partial charge in [-0.15, -0.1) is 12.4 Å². The monoisotopic (exact) mass is 267 g/mol. The molecule has 0 saturated carbocycles. The lowest BCUT2D eigenvalue weighted by Crippen LogP contribution is -2.23. The van der Waals surface area contributed by atoms with E-state index in [1.54, 1.807) is 6.07 Å². The van der Waals surface area contributed by atoms with E-state index in [4.69, 9.17) is 34.7 Å². The van der Waals surface area contributed by atoms with Crippen LogP contribution in [0.15, 0.2) is 23.2 Å². The molecule has 0 spiro atoms. The highest BCUT2D eigenvalue weighted by atomic mass is 35.5. The maximum absolute atomic E-state index is 5.84. The number of nitrogens with two attached hydrogens (primary N) is 2. The zero-order valence-corrected chi connectivity index (χ0v) is 10.2. The molecular formula is C9H12Cl3N3. The van der Waals surface area contributed by atoms with Gasteiger partial charge in [0.05, 0.1) is 10.0 Å². The number of hydrogen-bond donors (Lipinski definition) is 2. The summed E-state index contributed by atoms with van der Waals surface area (Å²) in [5, 5.41) is 1.10. The number of guanidine groups is 1. The Balaban J connectivity index is 0.00000196. The van der Waals surface area contributed by atoms with Gasteiger partial charge in [0.25, 0.3) is 0 Å². The molecule has 0 aliphatic rings. The fourth-order valence-electron chi connectivity index (χ4n) is 1.01. The summed E-state index contributed by atoms with van der Waals surface area (Å²) in [5.74, 6) is 0.102. The van der Waals surface area contributed by atoms with Gasteiger partial charge >= 0.3 is 0 Å². The van der Waals surface area contributed by atoms with E-state index >= 15 is 0 Å². The molecule has 0 heterocycles. The molecule has 15 heavy (non-hydrogen) atoms. The topological polar surface area (TPSA) is 64.4 Å². The third-order valence-electron chi connectivity index (χ3n) is 1.68. The van der Waals surface area contributed by atoms with Crippen molar-refractivity contribution in [3.8, 4) is 0 Å². The Kier molecular flexibility index (Phi) is 6.48. The molecule has 0 aromatic heterocycles. The quantitative estimate of drug-likeness (QED) is 0.652. The van der Waals surface area contributed by atoms with Gasteiger partial charge in [0.1, 0.15) is 0 Å². The van der Waals surface area contributed by atoms with Crippen molar-refractivity contribution in [2.45, 2.75) is 6.42 Å². The molecule has 0 amide bonds. The fourth-order valence-corrected chi connectivity index (χ4v) is 1.33. The summed E-state index contributed by atoms with van der Waals surface area (Å²) in [5.41, 5.74) is 11.4. The molecule has 6 heteroatoms. The summed E-state index contributed by atoms with van der Waals surface area (Å²) in [7, 11) is 0. The van der Waals surface area contributed by atoms with Crippen molar-refractivity contribution >= 4 is 41.6 Å². The van der Waals surface area contributed by atoms with Gasteiger partial charge in [-0.2, -0.15) is 0 Å². The van der Waals surface area contributed by atoms with Gasteiger partial charge in [0.15, 0.2) is 5.96 Å². The van der Waals surface area contributed by atoms with Crippen LogP contribution in [0.5, 0.6) is 0 Å². The first-order chi connectivity index (χ1) is 6.59. The van der Waals surface area contributed by atoms with Crippen LogP contribution < -0.4 is 11.5 Å². The summed E-state index contributed by atoms with van der Waals surface area (Å²) < 4.78 is 0. The van der Waals surface area contributed by atoms with Crippen LogP contribution in [0.2, 0.25) is 10.0 Å². The summed E-state index contributed by atoms with van der Waals surface area (Å²) in [6, 6.07) is 5.47. The van der Waals surface area contributed by atoms with E-state index in [2.05, 4.69) is 4.99 Å². The number of nitrogens with zero attached hydrogens (tertiary/aromatic N) is 1. The number of benzene rings is 1. The van der Waals surface area contributed by atoms with E-state index < -0.39 is 0 Å². The predicted molar refractivity (Wildman–Crippen MR) is 68.1 cm³/mol. The van der Waals surface area contributed by atoms with Crippen molar-refractivity contribution in [1.29, 1.82) is 0 Å². The third kappa shape index (κ3) is 5.11. The molecule has 0 saturated heterocycles. The van der Waals surface area contributed by atoms with Crippen LogP contribution in [0, 0.1) is 0 Å². The molecule has 84 valence electrons. The largest absolute Gasteiger partial charge is 0.370 e. The lowest BCUT2D eigenvalue weighted by molar-refractivity contribution is 0.962. The summed E-state index contributed by atoms with van der Waals surface area (Å²) in [6.45, 7) is 0.556. The van der Waals surface area contributed by atoms with Crippen LogP contribution in [0.1, 0.15) is 5.56 Å². The van der Waals surface area contributed by atoms with Crippen molar-refractivity contribution in [2.75, 3.05) is 6.54 Å². The smallest absolute Gasteiger partial charge is 0.185 e. The predicted octanol–water partition coefficient (Wildman–Crippen LogP) is 2.23. The van der Waals surface area contributed by atoms with Crippen LogP contribution in [-0.2, 0) is 6.42 Å². The molecule has 0 unspecified atom stereocenters. The second kappa shape index (κ2) is 6.77. The maximum atomic E-state index is 5.84. The first kappa shape index (κ1) is 14.4. The summed E-state index contributed by atoms with van der Waals surface area (Å²) in [6.07, 6.45) is 0.745. The van der Waals surface area contributed by atoms with Gasteiger partial charge in [-0.05, 0) is 24.1 Å². The SMILES string of the molecule is Cl.NC(N)=NCCc1ccc(Cl)c(Cl)c1. The van der Waals surface area contributed by atoms with E-state index in [9.17, 15) is 0 Å². The van der Waals surface area contributed by atoms with Crippen LogP contribution >= 0.6 is 35.6 Å². The minimum absolute atomic E-state index is 0. The highest BCUT2D eigenvalue weighted by Crippen LogP contribution is 2.22. The lowest BCUT2D eigenvalue weighted by Gasteiger charge is -2.00.